The Kier molecular flexibility index (Phi) is 48.8. The smallest absolute Gasteiger partial charge is 0.319 e. The van der Waals surface area contributed by atoms with Crippen LogP contribution in [0.25, 0.3) is 0 Å². The molecule has 63 heavy (non-hydrogen) atoms. The minimum absolute atomic E-state index is 0. The van der Waals surface area contributed by atoms with Gasteiger partial charge in [0.1, 0.15) is 42.7 Å². The molecule has 0 aromatic heterocycles. The number of unbranched alkanes of at least 4 members (excludes halogenated alkanes) is 4. The van der Waals surface area contributed by atoms with E-state index in [0.29, 0.717) is 38.5 Å². The molecule has 0 bridgehead atoms. The van der Waals surface area contributed by atoms with E-state index in [2.05, 4.69) is 5.32 Å². The largest absolute Gasteiger partial charge is 0.394 e. The van der Waals surface area contributed by atoms with Gasteiger partial charge in [-0.3, -0.25) is 18.5 Å². The minimum atomic E-state index is -3.08. The maximum absolute atomic E-state index is 12.5. The van der Waals surface area contributed by atoms with Crippen LogP contribution in [0.4, 0.5) is 0 Å². The number of nitrogens with one attached hydrogen (secondary N) is 1. The summed E-state index contributed by atoms with van der Waals surface area (Å²) in [6.45, 7) is 5.49. The normalized spacial score (nSPS) is 27.5. The summed E-state index contributed by atoms with van der Waals surface area (Å²) in [5, 5.41) is 61.9. The summed E-state index contributed by atoms with van der Waals surface area (Å²) in [5.41, 5.74) is 0. The molecule has 0 spiro atoms. The number of aliphatic hydroxyl groups is 6. The molecule has 3 radical (unpaired) electrons. The van der Waals surface area contributed by atoms with Crippen molar-refractivity contribution in [1.29, 1.82) is 0 Å². The average molecular weight is 1200 g/mol. The van der Waals surface area contributed by atoms with Crippen molar-refractivity contribution in [3.63, 3.8) is 0 Å². The van der Waals surface area contributed by atoms with Gasteiger partial charge in [-0.1, -0.05) is 21.8 Å². The van der Waals surface area contributed by atoms with Crippen LogP contribution in [0.3, 0.4) is 0 Å². The number of ether oxygens (including phenoxy) is 5. The summed E-state index contributed by atoms with van der Waals surface area (Å²) in [5.74, 6) is -0.970. The van der Waals surface area contributed by atoms with Gasteiger partial charge in [0.05, 0.1) is 65.1 Å². The number of carbonyl (C=O) groups excluding carboxylic acids is 1. The minimum Gasteiger partial charge on any atom is -0.394 e. The molecule has 2 aliphatic rings. The fraction of sp³-hybridized carbons (Fsp3) is 0.971. The summed E-state index contributed by atoms with van der Waals surface area (Å²) in [6, 6.07) is -1.05. The van der Waals surface area contributed by atoms with Crippen molar-refractivity contribution in [1.82, 2.24) is 5.32 Å². The van der Waals surface area contributed by atoms with Crippen LogP contribution in [0.2, 0.25) is 0 Å². The first kappa shape index (κ1) is 72.3. The first-order valence-electron chi connectivity index (χ1n) is 19.5. The molecule has 0 aromatic rings. The Balaban J connectivity index is -0.00000348. The molecule has 14 atom stereocenters. The molecule has 2 rings (SSSR count). The summed E-state index contributed by atoms with van der Waals surface area (Å²) in [6.07, 6.45) is -7.04. The van der Waals surface area contributed by atoms with Gasteiger partial charge in [-0.15, -0.1) is 0 Å². The van der Waals surface area contributed by atoms with Crippen LogP contribution in [0.1, 0.15) is 81.1 Å². The van der Waals surface area contributed by atoms with Crippen molar-refractivity contribution in [3.05, 3.63) is 0 Å². The van der Waals surface area contributed by atoms with Gasteiger partial charge in [-0.2, -0.15) is 0 Å². The Bertz CT molecular complexity index is 1210. The second kappa shape index (κ2) is 42.5. The van der Waals surface area contributed by atoms with Gasteiger partial charge in [0.15, 0.2) is 12.6 Å². The number of hydrogen-bond donors (Lipinski definition) is 7. The Morgan fingerprint density at radius 3 is 1.54 bits per heavy atom. The molecule has 28 heteroatoms. The second-order valence-corrected chi connectivity index (χ2v) is 17.1. The van der Waals surface area contributed by atoms with E-state index >= 15 is 0 Å². The molecular formula is C35H74NO21P3Y3. The SMILES string of the molecule is C.C.CC(=O)NC1C(OCCCCCO[PH](=O)OCC(CO[PH](=O)OCCCCCOC2OC(CO)C(O)C(O)C2C)O[PH](=O)OCCOC(C)C)OC(CO)C(O)C1O.[Y].[Y].[Y]. The third kappa shape index (κ3) is 30.3. The summed E-state index contributed by atoms with van der Waals surface area (Å²) in [7, 11) is -9.13. The first-order chi connectivity index (χ1) is 27.7. The number of hydrogen-bond acceptors (Lipinski definition) is 21. The van der Waals surface area contributed by atoms with Crippen molar-refractivity contribution in [2.24, 2.45) is 5.92 Å². The molecule has 7 N–H and O–H groups in total. The number of aliphatic hydroxyl groups excluding tert-OH is 6. The number of rotatable bonds is 32. The van der Waals surface area contributed by atoms with E-state index < -0.39 is 118 Å². The maximum atomic E-state index is 12.5. The third-order valence-electron chi connectivity index (χ3n) is 8.81. The molecule has 2 aliphatic heterocycles. The molecule has 0 saturated carbocycles. The zero-order valence-electron chi connectivity index (χ0n) is 35.3. The molecule has 369 valence electrons. The van der Waals surface area contributed by atoms with Crippen molar-refractivity contribution in [2.45, 2.75) is 149 Å². The summed E-state index contributed by atoms with van der Waals surface area (Å²) < 4.78 is 96.7. The third-order valence-corrected chi connectivity index (χ3v) is 11.5. The van der Waals surface area contributed by atoms with Gasteiger partial charge >= 0.3 is 24.8 Å². The molecule has 0 aromatic carbocycles. The Labute approximate surface area is 450 Å². The molecule has 2 fully saturated rings. The van der Waals surface area contributed by atoms with Crippen LogP contribution in [-0.2, 0) is 167 Å². The molecule has 22 nitrogen and oxygen atoms in total. The van der Waals surface area contributed by atoms with Crippen LogP contribution in [0.5, 0.6) is 0 Å². The van der Waals surface area contributed by atoms with E-state index in [-0.39, 0.29) is 165 Å². The van der Waals surface area contributed by atoms with Crippen LogP contribution < -0.4 is 5.32 Å². The number of carbonyl (C=O) groups is 1. The molecule has 0 aliphatic carbocycles. The van der Waals surface area contributed by atoms with Gasteiger partial charge in [0.2, 0.25) is 5.91 Å². The van der Waals surface area contributed by atoms with Crippen molar-refractivity contribution in [3.8, 4) is 0 Å². The van der Waals surface area contributed by atoms with Gasteiger partial charge < -0.3 is 86.8 Å². The average Bonchev–Trinajstić information content (AvgIpc) is 3.18. The zero-order valence-corrected chi connectivity index (χ0v) is 46.8. The monoisotopic (exact) mass is 1200 g/mol. The van der Waals surface area contributed by atoms with Gasteiger partial charge in [-0.05, 0) is 52.4 Å². The van der Waals surface area contributed by atoms with Crippen LogP contribution in [0.15, 0.2) is 0 Å². The Morgan fingerprint density at radius 2 is 1.06 bits per heavy atom. The van der Waals surface area contributed by atoms with Crippen molar-refractivity contribution in [2.75, 3.05) is 66.1 Å². The van der Waals surface area contributed by atoms with Crippen LogP contribution >= 0.6 is 24.8 Å². The van der Waals surface area contributed by atoms with E-state index in [1.807, 2.05) is 13.8 Å². The zero-order chi connectivity index (χ0) is 43.0. The van der Waals surface area contributed by atoms with E-state index in [4.69, 9.17) is 50.8 Å². The van der Waals surface area contributed by atoms with Crippen LogP contribution in [0, 0.1) is 5.92 Å². The summed E-state index contributed by atoms with van der Waals surface area (Å²) in [4.78, 5) is 11.6. The van der Waals surface area contributed by atoms with Gasteiger partial charge in [-0.25, -0.2) is 0 Å². The topological polar surface area (TPSA) is 303 Å². The van der Waals surface area contributed by atoms with Crippen LogP contribution in [-0.4, -0.2) is 170 Å². The second-order valence-electron chi connectivity index (χ2n) is 13.9. The fourth-order valence-electron chi connectivity index (χ4n) is 5.60. The first-order valence-corrected chi connectivity index (χ1v) is 23.1. The van der Waals surface area contributed by atoms with E-state index in [0.717, 1.165) is 0 Å². The molecular weight excluding hydrogens is 1130 g/mol. The maximum Gasteiger partial charge on any atom is 0.319 e. The van der Waals surface area contributed by atoms with Gasteiger partial charge in [0, 0.05) is 124 Å². The Morgan fingerprint density at radius 1 is 0.619 bits per heavy atom. The quantitative estimate of drug-likeness (QED) is 0.0373. The van der Waals surface area contributed by atoms with E-state index in [1.54, 1.807) is 6.92 Å². The molecule has 1 amide bonds. The Hall–Kier alpha value is 2.79. The molecule has 14 unspecified atom stereocenters. The number of amides is 1. The van der Waals surface area contributed by atoms with E-state index in [1.165, 1.54) is 6.92 Å². The fourth-order valence-corrected chi connectivity index (χ4v) is 7.75. The van der Waals surface area contributed by atoms with E-state index in [9.17, 15) is 49.1 Å². The van der Waals surface area contributed by atoms with Crippen molar-refractivity contribution >= 4 is 30.7 Å². The van der Waals surface area contributed by atoms with Crippen molar-refractivity contribution < 1.29 is 198 Å². The predicted octanol–water partition coefficient (Wildman–Crippen LogP) is 1.71. The molecule has 2 saturated heterocycles. The molecule has 2 heterocycles. The standard InChI is InChI=1S/C33H66NO21P3.2CH4.3Y/c1-21(2)45-15-16-50-58(44)55-24(19-51-56(42)48-13-9-5-7-11-46-32-22(3)28(38)29(39)25(17-35)53-32)20-52-57(43)49-14-10-6-8-12-47-33-27(34-23(4)37)31(41)30(40)26(18-36)54-33;;;;;/h21-22,24-33,35-36,38-41,56-58H,5-20H2,1-4H3,(H,34,37);2*1H4;;;. The van der Waals surface area contributed by atoms with Gasteiger partial charge in [0.25, 0.3) is 0 Å². The summed E-state index contributed by atoms with van der Waals surface area (Å²) >= 11 is 0. The predicted molar refractivity (Wildman–Crippen MR) is 218 cm³/mol.